The van der Waals surface area contributed by atoms with Crippen molar-refractivity contribution in [2.45, 2.75) is 31.0 Å². The van der Waals surface area contributed by atoms with Crippen molar-refractivity contribution < 1.29 is 24.1 Å². The molecule has 1 aliphatic heterocycles. The van der Waals surface area contributed by atoms with E-state index >= 15 is 0 Å². The van der Waals surface area contributed by atoms with Crippen LogP contribution in [0.15, 0.2) is 36.5 Å². The first-order valence-electron chi connectivity index (χ1n) is 9.53. The summed E-state index contributed by atoms with van der Waals surface area (Å²) in [6, 6.07) is 6.86. The van der Waals surface area contributed by atoms with Crippen LogP contribution in [0.1, 0.15) is 30.2 Å². The average molecular weight is 390 g/mol. The summed E-state index contributed by atoms with van der Waals surface area (Å²) in [4.78, 5) is 6.18. The third-order valence-electron chi connectivity index (χ3n) is 6.05. The highest BCUT2D eigenvalue weighted by molar-refractivity contribution is 5.23. The first-order valence-corrected chi connectivity index (χ1v) is 9.53. The molecule has 0 bridgehead atoms. The van der Waals surface area contributed by atoms with E-state index < -0.39 is 23.3 Å². The second kappa shape index (κ2) is 7.39. The van der Waals surface area contributed by atoms with E-state index in [1.807, 2.05) is 0 Å². The first kappa shape index (κ1) is 19.2. The maximum absolute atomic E-state index is 13.9. The van der Waals surface area contributed by atoms with Gasteiger partial charge in [0.25, 0.3) is 0 Å². The summed E-state index contributed by atoms with van der Waals surface area (Å²) in [6.45, 7) is 1.87. The fraction of sp³-hybridized carbons (Fsp3) is 0.476. The van der Waals surface area contributed by atoms with Crippen molar-refractivity contribution in [1.82, 2.24) is 9.88 Å². The molecule has 1 saturated heterocycles. The van der Waals surface area contributed by atoms with Crippen LogP contribution in [0.5, 0.6) is 5.75 Å². The number of hydrogen-bond acceptors (Lipinski definition) is 5. The Morgan fingerprint density at radius 1 is 1.11 bits per heavy atom. The van der Waals surface area contributed by atoms with E-state index in [4.69, 9.17) is 0 Å². The molecular formula is C21H24F2N2O3. The number of halogens is 2. The predicted molar refractivity (Wildman–Crippen MR) is 98.5 cm³/mol. The second-order valence-electron chi connectivity index (χ2n) is 8.21. The third-order valence-corrected chi connectivity index (χ3v) is 6.05. The summed E-state index contributed by atoms with van der Waals surface area (Å²) in [5.41, 5.74) is -0.640. The topological polar surface area (TPSA) is 76.8 Å². The number of benzene rings is 1. The molecule has 1 saturated carbocycles. The highest BCUT2D eigenvalue weighted by Gasteiger charge is 2.48. The van der Waals surface area contributed by atoms with E-state index in [1.165, 1.54) is 30.5 Å². The number of aliphatic hydroxyl groups is 2. The van der Waals surface area contributed by atoms with Gasteiger partial charge in [-0.25, -0.2) is 8.78 Å². The van der Waals surface area contributed by atoms with E-state index in [0.29, 0.717) is 25.1 Å². The smallest absolute Gasteiger partial charge is 0.133 e. The summed E-state index contributed by atoms with van der Waals surface area (Å²) < 4.78 is 27.9. The van der Waals surface area contributed by atoms with Crippen LogP contribution in [0.2, 0.25) is 0 Å². The molecule has 28 heavy (non-hydrogen) atoms. The van der Waals surface area contributed by atoms with E-state index in [0.717, 1.165) is 13.1 Å². The molecule has 3 N–H and O–H groups in total. The van der Waals surface area contributed by atoms with E-state index in [1.54, 1.807) is 6.07 Å². The Morgan fingerprint density at radius 3 is 2.32 bits per heavy atom. The molecule has 1 unspecified atom stereocenters. The van der Waals surface area contributed by atoms with Gasteiger partial charge in [0.15, 0.2) is 0 Å². The third kappa shape index (κ3) is 3.87. The molecule has 1 aliphatic carbocycles. The molecule has 7 heteroatoms. The zero-order valence-corrected chi connectivity index (χ0v) is 15.4. The largest absolute Gasteiger partial charge is 0.506 e. The highest BCUT2D eigenvalue weighted by atomic mass is 19.1. The number of pyridine rings is 1. The van der Waals surface area contributed by atoms with Crippen LogP contribution in [0.3, 0.4) is 0 Å². The SMILES string of the molecule is Oc1ccc(C(O)CN2C[C@@H]3CC(O)(Cc4c(F)cccc4F)C[C@H]3C2)nc1. The van der Waals surface area contributed by atoms with Gasteiger partial charge in [-0.2, -0.15) is 0 Å². The van der Waals surface area contributed by atoms with E-state index in [9.17, 15) is 24.1 Å². The zero-order chi connectivity index (χ0) is 19.9. The van der Waals surface area contributed by atoms with Crippen LogP contribution in [0.4, 0.5) is 8.78 Å². The Balaban J connectivity index is 1.36. The quantitative estimate of drug-likeness (QED) is 0.731. The number of rotatable bonds is 5. The molecule has 1 aromatic heterocycles. The fourth-order valence-corrected chi connectivity index (χ4v) is 4.81. The molecule has 3 atom stereocenters. The number of aromatic hydroxyl groups is 1. The number of fused-ring (bicyclic) bond motifs is 1. The lowest BCUT2D eigenvalue weighted by molar-refractivity contribution is 0.0311. The van der Waals surface area contributed by atoms with Crippen LogP contribution < -0.4 is 0 Å². The van der Waals surface area contributed by atoms with Crippen molar-refractivity contribution in [3.05, 3.63) is 59.4 Å². The Labute approximate surface area is 162 Å². The maximum atomic E-state index is 13.9. The molecule has 2 aromatic rings. The van der Waals surface area contributed by atoms with E-state index in [-0.39, 0.29) is 29.6 Å². The minimum Gasteiger partial charge on any atom is -0.506 e. The minimum atomic E-state index is -1.10. The number of likely N-dealkylation sites (tertiary alicyclic amines) is 1. The Morgan fingerprint density at radius 2 is 1.75 bits per heavy atom. The van der Waals surface area contributed by atoms with Crippen LogP contribution >= 0.6 is 0 Å². The standard InChI is InChI=1S/C21H24F2N2O3/c22-17-2-1-3-18(23)16(17)8-21(28)6-13-10-25(11-14(13)7-21)12-20(27)19-5-4-15(26)9-24-19/h1-5,9,13-14,20,26-28H,6-8,10-12H2/t13-,14-,20?/m0/s1. The van der Waals surface area contributed by atoms with Gasteiger partial charge in [-0.15, -0.1) is 0 Å². The molecule has 5 nitrogen and oxygen atoms in total. The second-order valence-corrected chi connectivity index (χ2v) is 8.21. The lowest BCUT2D eigenvalue weighted by Gasteiger charge is -2.27. The van der Waals surface area contributed by atoms with E-state index in [2.05, 4.69) is 9.88 Å². The Hall–Kier alpha value is -2.09. The van der Waals surface area contributed by atoms with Gasteiger partial charge in [0.1, 0.15) is 23.5 Å². The summed E-state index contributed by atoms with van der Waals surface area (Å²) >= 11 is 0. The summed E-state index contributed by atoms with van der Waals surface area (Å²) in [5, 5.41) is 30.6. The van der Waals surface area contributed by atoms with Crippen molar-refractivity contribution >= 4 is 0 Å². The lowest BCUT2D eigenvalue weighted by Crippen LogP contribution is -2.34. The van der Waals surface area contributed by atoms with Crippen molar-refractivity contribution in [2.24, 2.45) is 11.8 Å². The van der Waals surface area contributed by atoms with Crippen LogP contribution in [0, 0.1) is 23.5 Å². The highest BCUT2D eigenvalue weighted by Crippen LogP contribution is 2.46. The monoisotopic (exact) mass is 390 g/mol. The van der Waals surface area contributed by atoms with Gasteiger partial charge >= 0.3 is 0 Å². The molecule has 1 aromatic carbocycles. The number of hydrogen-bond donors (Lipinski definition) is 3. The summed E-state index contributed by atoms with van der Waals surface area (Å²) in [6.07, 6.45) is 1.52. The molecule has 150 valence electrons. The van der Waals surface area contributed by atoms with Gasteiger partial charge in [0, 0.05) is 31.6 Å². The van der Waals surface area contributed by atoms with Crippen molar-refractivity contribution in [3.8, 4) is 5.75 Å². The average Bonchev–Trinajstić information content (AvgIpc) is 3.13. The predicted octanol–water partition coefficient (Wildman–Crippen LogP) is 2.41. The van der Waals surface area contributed by atoms with Gasteiger partial charge in [-0.1, -0.05) is 6.07 Å². The fourth-order valence-electron chi connectivity index (χ4n) is 4.81. The van der Waals surface area contributed by atoms with Gasteiger partial charge < -0.3 is 15.3 Å². The zero-order valence-electron chi connectivity index (χ0n) is 15.4. The maximum Gasteiger partial charge on any atom is 0.133 e. The van der Waals surface area contributed by atoms with Gasteiger partial charge in [-0.3, -0.25) is 9.88 Å². The number of aliphatic hydroxyl groups excluding tert-OH is 1. The minimum absolute atomic E-state index is 0.0153. The Kier molecular flexibility index (Phi) is 5.07. The van der Waals surface area contributed by atoms with Crippen LogP contribution in [0.25, 0.3) is 0 Å². The lowest BCUT2D eigenvalue weighted by atomic mass is 9.90. The number of nitrogens with zero attached hydrogens (tertiary/aromatic N) is 2. The molecule has 0 spiro atoms. The molecule has 2 fully saturated rings. The van der Waals surface area contributed by atoms with Gasteiger partial charge in [-0.05, 0) is 48.9 Å². The van der Waals surface area contributed by atoms with Gasteiger partial charge in [0.2, 0.25) is 0 Å². The normalized spacial score (nSPS) is 25.0. The van der Waals surface area contributed by atoms with Gasteiger partial charge in [0.05, 0.1) is 17.5 Å². The Bertz CT molecular complexity index is 812. The molecule has 0 radical (unpaired) electrons. The number of aromatic nitrogens is 1. The van der Waals surface area contributed by atoms with Crippen molar-refractivity contribution in [3.63, 3.8) is 0 Å². The molecule has 0 amide bonds. The summed E-state index contributed by atoms with van der Waals surface area (Å²) in [5.74, 6) is -0.704. The summed E-state index contributed by atoms with van der Waals surface area (Å²) in [7, 11) is 0. The molecular weight excluding hydrogens is 366 g/mol. The van der Waals surface area contributed by atoms with Crippen LogP contribution in [-0.4, -0.2) is 50.4 Å². The molecule has 2 aliphatic rings. The first-order chi connectivity index (χ1) is 13.3. The number of β-amino-alcohol motifs (C(OH)–C–C–N with tert-alkyl or cyclic N) is 1. The van der Waals surface area contributed by atoms with Crippen LogP contribution in [-0.2, 0) is 6.42 Å². The molecule has 4 rings (SSSR count). The molecule has 2 heterocycles. The van der Waals surface area contributed by atoms with Crippen molar-refractivity contribution in [2.75, 3.05) is 19.6 Å². The van der Waals surface area contributed by atoms with Crippen molar-refractivity contribution in [1.29, 1.82) is 0 Å².